The van der Waals surface area contributed by atoms with Crippen LogP contribution in [0.5, 0.6) is 0 Å². The lowest BCUT2D eigenvalue weighted by Crippen LogP contribution is -2.22. The standard InChI is InChI=1S/C22H19ClN4O/c1-12-14(8-15(23)21(26-12)22-5-2-13(10-22)3-6-22)17-9-19(28)20-16(27-17)4-7-25-18(20)11-24/h4,7-9,13H,2-3,5-6,10H2,1H3,(H,27,28). The van der Waals surface area contributed by atoms with E-state index in [0.29, 0.717) is 21.6 Å². The van der Waals surface area contributed by atoms with Crippen LogP contribution in [0.4, 0.5) is 0 Å². The number of pyridine rings is 3. The fraction of sp³-hybridized carbons (Fsp3) is 0.364. The van der Waals surface area contributed by atoms with Crippen LogP contribution >= 0.6 is 11.6 Å². The largest absolute Gasteiger partial charge is 0.354 e. The summed E-state index contributed by atoms with van der Waals surface area (Å²) in [5.41, 5.74) is 3.96. The smallest absolute Gasteiger partial charge is 0.192 e. The van der Waals surface area contributed by atoms with E-state index in [1.165, 1.54) is 44.4 Å². The maximum atomic E-state index is 12.7. The van der Waals surface area contributed by atoms with Crippen molar-refractivity contribution in [3.05, 3.63) is 56.7 Å². The minimum absolute atomic E-state index is 0.129. The van der Waals surface area contributed by atoms with Gasteiger partial charge in [-0.1, -0.05) is 11.6 Å². The SMILES string of the molecule is Cc1nc(C23CCC(CC2)C3)c(Cl)cc1-c1cc(=O)c2c(C#N)nccc2[nH]1. The fourth-order valence-corrected chi connectivity index (χ4v) is 5.53. The molecule has 2 aliphatic rings. The molecule has 0 spiro atoms. The Morgan fingerprint density at radius 3 is 2.79 bits per heavy atom. The number of aryl methyl sites for hydroxylation is 1. The Morgan fingerprint density at radius 1 is 1.32 bits per heavy atom. The third-order valence-electron chi connectivity index (χ3n) is 6.55. The highest BCUT2D eigenvalue weighted by molar-refractivity contribution is 6.31. The molecule has 0 aliphatic heterocycles. The molecule has 2 bridgehead atoms. The van der Waals surface area contributed by atoms with E-state index in [1.807, 2.05) is 19.1 Å². The molecular formula is C22H19ClN4O. The number of aromatic amines is 1. The Kier molecular flexibility index (Phi) is 3.82. The number of nitrogens with one attached hydrogen (secondary N) is 1. The molecule has 2 aliphatic carbocycles. The summed E-state index contributed by atoms with van der Waals surface area (Å²) in [5, 5.41) is 10.2. The molecular weight excluding hydrogens is 372 g/mol. The number of halogens is 1. The van der Waals surface area contributed by atoms with Crippen LogP contribution in [0, 0.1) is 24.2 Å². The molecule has 0 amide bonds. The lowest BCUT2D eigenvalue weighted by atomic mass is 9.80. The van der Waals surface area contributed by atoms with Crippen LogP contribution in [-0.4, -0.2) is 15.0 Å². The topological polar surface area (TPSA) is 82.4 Å². The molecule has 2 saturated carbocycles. The zero-order chi connectivity index (χ0) is 19.5. The summed E-state index contributed by atoms with van der Waals surface area (Å²) < 4.78 is 0. The van der Waals surface area contributed by atoms with Gasteiger partial charge in [-0.25, -0.2) is 4.98 Å². The van der Waals surface area contributed by atoms with Gasteiger partial charge >= 0.3 is 0 Å². The summed E-state index contributed by atoms with van der Waals surface area (Å²) in [6.45, 7) is 1.96. The van der Waals surface area contributed by atoms with Gasteiger partial charge in [-0.05, 0) is 57.1 Å². The third-order valence-corrected chi connectivity index (χ3v) is 6.84. The third kappa shape index (κ3) is 2.48. The summed E-state index contributed by atoms with van der Waals surface area (Å²) in [7, 11) is 0. The first-order valence-electron chi connectivity index (χ1n) is 9.61. The van der Waals surface area contributed by atoms with Crippen LogP contribution in [-0.2, 0) is 5.41 Å². The van der Waals surface area contributed by atoms with Crippen LogP contribution in [0.2, 0.25) is 5.02 Å². The predicted octanol–water partition coefficient (Wildman–Crippen LogP) is 4.65. The van der Waals surface area contributed by atoms with Gasteiger partial charge in [-0.15, -0.1) is 0 Å². The van der Waals surface area contributed by atoms with Crippen LogP contribution in [0.1, 0.15) is 49.2 Å². The molecule has 3 aromatic heterocycles. The van der Waals surface area contributed by atoms with Gasteiger partial charge in [0.25, 0.3) is 0 Å². The normalized spacial score (nSPS) is 23.2. The molecule has 6 heteroatoms. The molecule has 28 heavy (non-hydrogen) atoms. The van der Waals surface area contributed by atoms with Gasteiger partial charge in [0.2, 0.25) is 0 Å². The van der Waals surface area contributed by atoms with Crippen molar-refractivity contribution in [2.75, 3.05) is 0 Å². The van der Waals surface area contributed by atoms with Crippen molar-refractivity contribution in [2.45, 2.75) is 44.4 Å². The Hall–Kier alpha value is -2.71. The predicted molar refractivity (Wildman–Crippen MR) is 108 cm³/mol. The van der Waals surface area contributed by atoms with Crippen molar-refractivity contribution < 1.29 is 0 Å². The van der Waals surface area contributed by atoms with Crippen LogP contribution in [0.15, 0.2) is 29.2 Å². The Morgan fingerprint density at radius 2 is 2.11 bits per heavy atom. The highest BCUT2D eigenvalue weighted by Gasteiger charge is 2.48. The fourth-order valence-electron chi connectivity index (χ4n) is 5.18. The Labute approximate surface area is 167 Å². The zero-order valence-electron chi connectivity index (χ0n) is 15.6. The van der Waals surface area contributed by atoms with Crippen LogP contribution in [0.25, 0.3) is 22.2 Å². The summed E-state index contributed by atoms with van der Waals surface area (Å²) in [6.07, 6.45) is 7.59. The lowest BCUT2D eigenvalue weighted by Gasteiger charge is -2.27. The molecule has 0 radical (unpaired) electrons. The molecule has 0 atom stereocenters. The van der Waals surface area contributed by atoms with E-state index in [-0.39, 0.29) is 16.5 Å². The summed E-state index contributed by atoms with van der Waals surface area (Å²) in [6, 6.07) is 7.12. The van der Waals surface area contributed by atoms with Crippen molar-refractivity contribution in [2.24, 2.45) is 5.92 Å². The van der Waals surface area contributed by atoms with Gasteiger partial charge in [0.15, 0.2) is 11.1 Å². The molecule has 0 unspecified atom stereocenters. The summed E-state index contributed by atoms with van der Waals surface area (Å²) in [4.78, 5) is 24.8. The van der Waals surface area contributed by atoms with Gasteiger partial charge in [-0.3, -0.25) is 9.78 Å². The highest BCUT2D eigenvalue weighted by Crippen LogP contribution is 2.56. The van der Waals surface area contributed by atoms with Crippen molar-refractivity contribution in [1.29, 1.82) is 5.26 Å². The second-order valence-corrected chi connectivity index (χ2v) is 8.53. The summed E-state index contributed by atoms with van der Waals surface area (Å²) in [5.74, 6) is 0.817. The maximum absolute atomic E-state index is 12.7. The lowest BCUT2D eigenvalue weighted by molar-refractivity contribution is 0.409. The first kappa shape index (κ1) is 17.4. The molecule has 0 saturated heterocycles. The Bertz CT molecular complexity index is 1220. The van der Waals surface area contributed by atoms with Gasteiger partial charge in [0, 0.05) is 28.9 Å². The summed E-state index contributed by atoms with van der Waals surface area (Å²) >= 11 is 6.72. The van der Waals surface area contributed by atoms with E-state index in [2.05, 4.69) is 9.97 Å². The van der Waals surface area contributed by atoms with E-state index in [0.717, 1.165) is 22.9 Å². The van der Waals surface area contributed by atoms with Crippen molar-refractivity contribution >= 4 is 22.5 Å². The second kappa shape index (κ2) is 6.15. The monoisotopic (exact) mass is 390 g/mol. The average molecular weight is 391 g/mol. The quantitative estimate of drug-likeness (QED) is 0.690. The number of nitrogens with zero attached hydrogens (tertiary/aromatic N) is 3. The molecule has 140 valence electrons. The maximum Gasteiger partial charge on any atom is 0.192 e. The van der Waals surface area contributed by atoms with Crippen LogP contribution in [0.3, 0.4) is 0 Å². The molecule has 2 fully saturated rings. The highest BCUT2D eigenvalue weighted by atomic mass is 35.5. The zero-order valence-corrected chi connectivity index (χ0v) is 16.3. The van der Waals surface area contributed by atoms with Gasteiger partial charge in [0.1, 0.15) is 6.07 Å². The van der Waals surface area contributed by atoms with E-state index < -0.39 is 0 Å². The van der Waals surface area contributed by atoms with Gasteiger partial charge in [-0.2, -0.15) is 5.26 Å². The first-order valence-corrected chi connectivity index (χ1v) is 9.99. The number of rotatable bonds is 2. The van der Waals surface area contributed by atoms with Crippen molar-refractivity contribution in [3.8, 4) is 17.3 Å². The number of H-pyrrole nitrogens is 1. The number of nitriles is 1. The first-order chi connectivity index (χ1) is 13.5. The number of fused-ring (bicyclic) bond motifs is 3. The Balaban J connectivity index is 1.66. The van der Waals surface area contributed by atoms with E-state index in [1.54, 1.807) is 6.07 Å². The second-order valence-electron chi connectivity index (χ2n) is 8.12. The number of aromatic nitrogens is 3. The molecule has 5 nitrogen and oxygen atoms in total. The van der Waals surface area contributed by atoms with Crippen molar-refractivity contribution in [1.82, 2.24) is 15.0 Å². The van der Waals surface area contributed by atoms with Crippen LogP contribution < -0.4 is 5.43 Å². The molecule has 5 rings (SSSR count). The minimum Gasteiger partial charge on any atom is -0.354 e. The van der Waals surface area contributed by atoms with Gasteiger partial charge < -0.3 is 4.98 Å². The minimum atomic E-state index is -0.235. The molecule has 3 heterocycles. The van der Waals surface area contributed by atoms with E-state index in [9.17, 15) is 10.1 Å². The molecule has 0 aromatic carbocycles. The van der Waals surface area contributed by atoms with E-state index in [4.69, 9.17) is 16.6 Å². The van der Waals surface area contributed by atoms with Crippen molar-refractivity contribution in [3.63, 3.8) is 0 Å². The molecule has 1 N–H and O–H groups in total. The average Bonchev–Trinajstić information content (AvgIpc) is 3.31. The van der Waals surface area contributed by atoms with E-state index >= 15 is 0 Å². The molecule has 3 aromatic rings. The number of hydrogen-bond acceptors (Lipinski definition) is 4. The number of hydrogen-bond donors (Lipinski definition) is 1. The van der Waals surface area contributed by atoms with Gasteiger partial charge in [0.05, 0.1) is 27.3 Å².